The van der Waals surface area contributed by atoms with Gasteiger partial charge in [-0.25, -0.2) is 0 Å². The number of rotatable bonds is 8. The smallest absolute Gasteiger partial charge is 0.257 e. The molecule has 0 aliphatic heterocycles. The highest BCUT2D eigenvalue weighted by atomic mass is 16.5. The minimum Gasteiger partial charge on any atom is -0.484 e. The fourth-order valence-electron chi connectivity index (χ4n) is 2.05. The first kappa shape index (κ1) is 15.3. The van der Waals surface area contributed by atoms with Crippen molar-refractivity contribution in [3.8, 4) is 5.75 Å². The van der Waals surface area contributed by atoms with Crippen LogP contribution in [0, 0.1) is 0 Å². The molecule has 0 atom stereocenters. The van der Waals surface area contributed by atoms with Gasteiger partial charge < -0.3 is 15.4 Å². The highest BCUT2D eigenvalue weighted by Crippen LogP contribution is 2.20. The van der Waals surface area contributed by atoms with Crippen LogP contribution in [0.2, 0.25) is 0 Å². The zero-order valence-electron chi connectivity index (χ0n) is 12.4. The van der Waals surface area contributed by atoms with E-state index in [1.165, 1.54) is 0 Å². The van der Waals surface area contributed by atoms with Crippen LogP contribution in [0.4, 0.5) is 0 Å². The Morgan fingerprint density at radius 2 is 1.86 bits per heavy atom. The quantitative estimate of drug-likeness (QED) is 0.732. The minimum atomic E-state index is -0.0959. The molecule has 21 heavy (non-hydrogen) atoms. The monoisotopic (exact) mass is 286 g/mol. The van der Waals surface area contributed by atoms with Crippen molar-refractivity contribution < 1.29 is 9.53 Å². The summed E-state index contributed by atoms with van der Waals surface area (Å²) in [5.74, 6) is 0.620. The van der Waals surface area contributed by atoms with Crippen LogP contribution in [0.5, 0.6) is 5.75 Å². The maximum atomic E-state index is 11.6. The van der Waals surface area contributed by atoms with Crippen LogP contribution in [0.3, 0.4) is 0 Å². The number of ether oxygens (including phenoxy) is 1. The van der Waals surface area contributed by atoms with Crippen molar-refractivity contribution in [2.45, 2.75) is 13.3 Å². The Hall–Kier alpha value is -2.07. The summed E-state index contributed by atoms with van der Waals surface area (Å²) in [6.45, 7) is 4.55. The Morgan fingerprint density at radius 3 is 2.67 bits per heavy atom. The number of carbonyl (C=O) groups is 1. The fraction of sp³-hybridized carbons (Fsp3) is 0.353. The Kier molecular flexibility index (Phi) is 6.03. The van der Waals surface area contributed by atoms with Crippen LogP contribution in [0.25, 0.3) is 10.8 Å². The average Bonchev–Trinajstić information content (AvgIpc) is 2.52. The van der Waals surface area contributed by atoms with Crippen molar-refractivity contribution in [1.82, 2.24) is 10.6 Å². The Balaban J connectivity index is 1.75. The summed E-state index contributed by atoms with van der Waals surface area (Å²) in [6, 6.07) is 13.9. The molecule has 4 heteroatoms. The minimum absolute atomic E-state index is 0.0477. The number of amides is 1. The molecule has 1 amide bonds. The lowest BCUT2D eigenvalue weighted by molar-refractivity contribution is -0.123. The van der Waals surface area contributed by atoms with Crippen LogP contribution in [-0.4, -0.2) is 32.1 Å². The molecule has 4 nitrogen and oxygen atoms in total. The first-order chi connectivity index (χ1) is 10.3. The average molecular weight is 286 g/mol. The van der Waals surface area contributed by atoms with Crippen LogP contribution in [0.1, 0.15) is 13.3 Å². The summed E-state index contributed by atoms with van der Waals surface area (Å²) < 4.78 is 5.52. The van der Waals surface area contributed by atoms with Gasteiger partial charge in [-0.15, -0.1) is 0 Å². The van der Waals surface area contributed by atoms with Crippen molar-refractivity contribution in [1.29, 1.82) is 0 Å². The van der Waals surface area contributed by atoms with Gasteiger partial charge in [0.05, 0.1) is 0 Å². The van der Waals surface area contributed by atoms with E-state index in [0.717, 1.165) is 30.3 Å². The van der Waals surface area contributed by atoms with E-state index in [1.807, 2.05) is 36.4 Å². The van der Waals surface area contributed by atoms with Gasteiger partial charge in [0.1, 0.15) is 5.75 Å². The third-order valence-electron chi connectivity index (χ3n) is 3.14. The summed E-state index contributed by atoms with van der Waals surface area (Å²) in [4.78, 5) is 11.6. The summed E-state index contributed by atoms with van der Waals surface area (Å²) >= 11 is 0. The van der Waals surface area contributed by atoms with E-state index < -0.39 is 0 Å². The van der Waals surface area contributed by atoms with Gasteiger partial charge in [0.2, 0.25) is 0 Å². The molecular weight excluding hydrogens is 264 g/mol. The standard InChI is InChI=1S/C17H22N2O2/c1-2-9-18-10-11-19-17(20)13-21-16-8-7-14-5-3-4-6-15(14)12-16/h3-8,12,18H,2,9-11,13H2,1H3,(H,19,20). The molecule has 2 aromatic carbocycles. The Morgan fingerprint density at radius 1 is 1.05 bits per heavy atom. The third kappa shape index (κ3) is 5.08. The van der Waals surface area contributed by atoms with Gasteiger partial charge in [-0.1, -0.05) is 37.3 Å². The summed E-state index contributed by atoms with van der Waals surface area (Å²) in [5.41, 5.74) is 0. The largest absolute Gasteiger partial charge is 0.484 e. The molecule has 2 N–H and O–H groups in total. The second-order valence-corrected chi connectivity index (χ2v) is 4.90. The Labute approximate surface area is 125 Å². The molecule has 112 valence electrons. The van der Waals surface area contributed by atoms with E-state index in [-0.39, 0.29) is 12.5 Å². The molecular formula is C17H22N2O2. The molecule has 0 heterocycles. The number of benzene rings is 2. The molecule has 0 spiro atoms. The molecule has 0 aromatic heterocycles. The molecule has 0 bridgehead atoms. The van der Waals surface area contributed by atoms with Gasteiger partial charge in [-0.2, -0.15) is 0 Å². The highest BCUT2D eigenvalue weighted by Gasteiger charge is 2.02. The van der Waals surface area contributed by atoms with E-state index in [0.29, 0.717) is 12.3 Å². The number of fused-ring (bicyclic) bond motifs is 1. The SMILES string of the molecule is CCCNCCNC(=O)COc1ccc2ccccc2c1. The van der Waals surface area contributed by atoms with Gasteiger partial charge in [0, 0.05) is 13.1 Å². The summed E-state index contributed by atoms with van der Waals surface area (Å²) in [7, 11) is 0. The third-order valence-corrected chi connectivity index (χ3v) is 3.14. The first-order valence-corrected chi connectivity index (χ1v) is 7.38. The zero-order valence-corrected chi connectivity index (χ0v) is 12.4. The fourth-order valence-corrected chi connectivity index (χ4v) is 2.05. The van der Waals surface area contributed by atoms with Gasteiger partial charge in [-0.05, 0) is 35.9 Å². The molecule has 2 aromatic rings. The highest BCUT2D eigenvalue weighted by molar-refractivity contribution is 5.84. The van der Waals surface area contributed by atoms with Crippen LogP contribution < -0.4 is 15.4 Å². The number of hydrogen-bond donors (Lipinski definition) is 2. The first-order valence-electron chi connectivity index (χ1n) is 7.38. The van der Waals surface area contributed by atoms with Gasteiger partial charge in [0.25, 0.3) is 5.91 Å². The van der Waals surface area contributed by atoms with Gasteiger partial charge >= 0.3 is 0 Å². The molecule has 2 rings (SSSR count). The molecule has 0 fully saturated rings. The normalized spacial score (nSPS) is 10.5. The lowest BCUT2D eigenvalue weighted by Crippen LogP contribution is -2.34. The lowest BCUT2D eigenvalue weighted by Gasteiger charge is -2.08. The topological polar surface area (TPSA) is 50.4 Å². The maximum absolute atomic E-state index is 11.6. The Bertz CT molecular complexity index is 584. The molecule has 0 aliphatic rings. The summed E-state index contributed by atoms with van der Waals surface area (Å²) in [6.07, 6.45) is 1.10. The maximum Gasteiger partial charge on any atom is 0.257 e. The van der Waals surface area contributed by atoms with Crippen molar-refractivity contribution in [2.24, 2.45) is 0 Å². The van der Waals surface area contributed by atoms with E-state index in [4.69, 9.17) is 4.74 Å². The second kappa shape index (κ2) is 8.27. The van der Waals surface area contributed by atoms with Crippen molar-refractivity contribution in [2.75, 3.05) is 26.2 Å². The van der Waals surface area contributed by atoms with Crippen molar-refractivity contribution in [3.63, 3.8) is 0 Å². The van der Waals surface area contributed by atoms with Crippen molar-refractivity contribution >= 4 is 16.7 Å². The number of nitrogens with one attached hydrogen (secondary N) is 2. The van der Waals surface area contributed by atoms with E-state index in [9.17, 15) is 4.79 Å². The molecule has 0 radical (unpaired) electrons. The van der Waals surface area contributed by atoms with E-state index >= 15 is 0 Å². The molecule has 0 saturated carbocycles. The van der Waals surface area contributed by atoms with Gasteiger partial charge in [-0.3, -0.25) is 4.79 Å². The molecule has 0 aliphatic carbocycles. The number of carbonyl (C=O) groups excluding carboxylic acids is 1. The van der Waals surface area contributed by atoms with Gasteiger partial charge in [0.15, 0.2) is 6.61 Å². The van der Waals surface area contributed by atoms with Crippen molar-refractivity contribution in [3.05, 3.63) is 42.5 Å². The van der Waals surface area contributed by atoms with E-state index in [1.54, 1.807) is 0 Å². The second-order valence-electron chi connectivity index (χ2n) is 4.90. The molecule has 0 unspecified atom stereocenters. The predicted molar refractivity (Wildman–Crippen MR) is 85.6 cm³/mol. The van der Waals surface area contributed by atoms with Crippen LogP contribution in [0.15, 0.2) is 42.5 Å². The van der Waals surface area contributed by atoms with Crippen LogP contribution in [-0.2, 0) is 4.79 Å². The summed E-state index contributed by atoms with van der Waals surface area (Å²) in [5, 5.41) is 8.32. The molecule has 0 saturated heterocycles. The van der Waals surface area contributed by atoms with Crippen LogP contribution >= 0.6 is 0 Å². The van der Waals surface area contributed by atoms with E-state index in [2.05, 4.69) is 23.6 Å². The predicted octanol–water partition coefficient (Wildman–Crippen LogP) is 2.33. The lowest BCUT2D eigenvalue weighted by atomic mass is 10.1. The number of hydrogen-bond acceptors (Lipinski definition) is 3. The zero-order chi connectivity index (χ0) is 14.9.